The van der Waals surface area contributed by atoms with Crippen LogP contribution in [0.5, 0.6) is 0 Å². The molecule has 1 atom stereocenters. The first-order valence-electron chi connectivity index (χ1n) is 6.49. The fourth-order valence-corrected chi connectivity index (χ4v) is 2.43. The number of aromatic nitrogens is 2. The summed E-state index contributed by atoms with van der Waals surface area (Å²) in [5.41, 5.74) is 7.67. The SMILES string of the molecule is CCn1nc(C)c(N)c1N1CCC(NC(=O)OC)C1. The van der Waals surface area contributed by atoms with E-state index in [1.165, 1.54) is 7.11 Å². The van der Waals surface area contributed by atoms with Gasteiger partial charge in [0, 0.05) is 19.6 Å². The minimum Gasteiger partial charge on any atom is -0.453 e. The molecule has 0 aromatic carbocycles. The molecular formula is C12H21N5O2. The number of carbonyl (C=O) groups excluding carboxylic acids is 1. The Bertz CT molecular complexity index is 471. The van der Waals surface area contributed by atoms with Gasteiger partial charge in [-0.25, -0.2) is 9.48 Å². The van der Waals surface area contributed by atoms with E-state index in [1.54, 1.807) is 0 Å². The number of ether oxygens (including phenoxy) is 1. The van der Waals surface area contributed by atoms with Crippen LogP contribution >= 0.6 is 0 Å². The van der Waals surface area contributed by atoms with Crippen LogP contribution in [0.2, 0.25) is 0 Å². The first kappa shape index (κ1) is 13.5. The summed E-state index contributed by atoms with van der Waals surface area (Å²) in [4.78, 5) is 13.4. The molecule has 19 heavy (non-hydrogen) atoms. The van der Waals surface area contributed by atoms with Gasteiger partial charge < -0.3 is 20.7 Å². The summed E-state index contributed by atoms with van der Waals surface area (Å²) in [5.74, 6) is 0.953. The maximum Gasteiger partial charge on any atom is 0.407 e. The molecule has 1 aliphatic heterocycles. The summed E-state index contributed by atoms with van der Waals surface area (Å²) in [5, 5.41) is 7.23. The fourth-order valence-electron chi connectivity index (χ4n) is 2.43. The largest absolute Gasteiger partial charge is 0.453 e. The van der Waals surface area contributed by atoms with Crippen molar-refractivity contribution in [3.8, 4) is 0 Å². The summed E-state index contributed by atoms with van der Waals surface area (Å²) in [7, 11) is 1.37. The van der Waals surface area contributed by atoms with Gasteiger partial charge in [0.1, 0.15) is 0 Å². The van der Waals surface area contributed by atoms with Gasteiger partial charge in [-0.2, -0.15) is 5.10 Å². The van der Waals surface area contributed by atoms with Gasteiger partial charge in [-0.05, 0) is 20.3 Å². The maximum atomic E-state index is 11.2. The number of alkyl carbamates (subject to hydrolysis) is 1. The number of carbonyl (C=O) groups is 1. The zero-order chi connectivity index (χ0) is 14.0. The highest BCUT2D eigenvalue weighted by atomic mass is 16.5. The Morgan fingerprint density at radius 1 is 1.63 bits per heavy atom. The topological polar surface area (TPSA) is 85.4 Å². The van der Waals surface area contributed by atoms with E-state index in [2.05, 4.69) is 20.1 Å². The number of nitrogens with two attached hydrogens (primary N) is 1. The molecule has 0 saturated carbocycles. The van der Waals surface area contributed by atoms with E-state index >= 15 is 0 Å². The number of amides is 1. The Labute approximate surface area is 112 Å². The number of hydrogen-bond donors (Lipinski definition) is 2. The van der Waals surface area contributed by atoms with E-state index in [0.29, 0.717) is 0 Å². The Hall–Kier alpha value is -1.92. The zero-order valence-corrected chi connectivity index (χ0v) is 11.6. The summed E-state index contributed by atoms with van der Waals surface area (Å²) in [6.07, 6.45) is 0.489. The van der Waals surface area contributed by atoms with E-state index in [-0.39, 0.29) is 12.1 Å². The third-order valence-corrected chi connectivity index (χ3v) is 3.44. The predicted octanol–water partition coefficient (Wildman–Crippen LogP) is 0.728. The van der Waals surface area contributed by atoms with Crippen molar-refractivity contribution in [2.75, 3.05) is 30.8 Å². The molecule has 0 bridgehead atoms. The van der Waals surface area contributed by atoms with Crippen molar-refractivity contribution in [2.24, 2.45) is 0 Å². The number of rotatable bonds is 3. The molecular weight excluding hydrogens is 246 g/mol. The Balaban J connectivity index is 2.10. The third kappa shape index (κ3) is 2.59. The van der Waals surface area contributed by atoms with E-state index in [4.69, 9.17) is 5.73 Å². The second-order valence-electron chi connectivity index (χ2n) is 4.71. The molecule has 2 rings (SSSR count). The first-order chi connectivity index (χ1) is 9.06. The van der Waals surface area contributed by atoms with Crippen LogP contribution in [0.4, 0.5) is 16.3 Å². The lowest BCUT2D eigenvalue weighted by Gasteiger charge is -2.20. The van der Waals surface area contributed by atoms with E-state index in [1.807, 2.05) is 18.5 Å². The molecule has 2 heterocycles. The van der Waals surface area contributed by atoms with E-state index in [0.717, 1.165) is 43.3 Å². The van der Waals surface area contributed by atoms with Crippen LogP contribution in [0.25, 0.3) is 0 Å². The molecule has 1 amide bonds. The van der Waals surface area contributed by atoms with Gasteiger partial charge in [0.25, 0.3) is 0 Å². The molecule has 7 heteroatoms. The van der Waals surface area contributed by atoms with Gasteiger partial charge in [-0.15, -0.1) is 0 Å². The van der Waals surface area contributed by atoms with Gasteiger partial charge in [-0.1, -0.05) is 0 Å². The second kappa shape index (κ2) is 5.38. The highest BCUT2D eigenvalue weighted by Crippen LogP contribution is 2.29. The maximum absolute atomic E-state index is 11.2. The van der Waals surface area contributed by atoms with Crippen LogP contribution in [0.1, 0.15) is 19.0 Å². The zero-order valence-electron chi connectivity index (χ0n) is 11.6. The van der Waals surface area contributed by atoms with Crippen LogP contribution in [0.15, 0.2) is 0 Å². The molecule has 0 radical (unpaired) electrons. The number of aryl methyl sites for hydroxylation is 2. The standard InChI is InChI=1S/C12H21N5O2/c1-4-17-11(10(13)8(2)15-17)16-6-5-9(7-16)14-12(18)19-3/h9H,4-7,13H2,1-3H3,(H,14,18). The van der Waals surface area contributed by atoms with Gasteiger partial charge in [-0.3, -0.25) is 0 Å². The number of nitrogens with one attached hydrogen (secondary N) is 1. The minimum absolute atomic E-state index is 0.0902. The van der Waals surface area contributed by atoms with Crippen molar-refractivity contribution in [3.05, 3.63) is 5.69 Å². The number of methoxy groups -OCH3 is 1. The van der Waals surface area contributed by atoms with Crippen molar-refractivity contribution in [1.29, 1.82) is 0 Å². The highest BCUT2D eigenvalue weighted by Gasteiger charge is 2.28. The Morgan fingerprint density at radius 3 is 3.00 bits per heavy atom. The van der Waals surface area contributed by atoms with E-state index < -0.39 is 0 Å². The monoisotopic (exact) mass is 267 g/mol. The quantitative estimate of drug-likeness (QED) is 0.843. The molecule has 7 nitrogen and oxygen atoms in total. The van der Waals surface area contributed by atoms with Crippen molar-refractivity contribution in [1.82, 2.24) is 15.1 Å². The lowest BCUT2D eigenvalue weighted by molar-refractivity contribution is 0.167. The summed E-state index contributed by atoms with van der Waals surface area (Å²) >= 11 is 0. The molecule has 106 valence electrons. The number of hydrogen-bond acceptors (Lipinski definition) is 5. The van der Waals surface area contributed by atoms with Gasteiger partial charge >= 0.3 is 6.09 Å². The molecule has 0 spiro atoms. The van der Waals surface area contributed by atoms with Crippen LogP contribution in [-0.4, -0.2) is 42.1 Å². The number of nitrogens with zero attached hydrogens (tertiary/aromatic N) is 3. The summed E-state index contributed by atoms with van der Waals surface area (Å²) in [6, 6.07) is 0.0902. The van der Waals surface area contributed by atoms with Crippen LogP contribution in [-0.2, 0) is 11.3 Å². The van der Waals surface area contributed by atoms with Gasteiger partial charge in [0.15, 0.2) is 5.82 Å². The Morgan fingerprint density at radius 2 is 2.37 bits per heavy atom. The average Bonchev–Trinajstić information content (AvgIpc) is 2.95. The molecule has 0 aliphatic carbocycles. The minimum atomic E-state index is -0.389. The lowest BCUT2D eigenvalue weighted by Crippen LogP contribution is -2.37. The van der Waals surface area contributed by atoms with Crippen LogP contribution in [0, 0.1) is 6.92 Å². The fraction of sp³-hybridized carbons (Fsp3) is 0.667. The third-order valence-electron chi connectivity index (χ3n) is 3.44. The van der Waals surface area contributed by atoms with Crippen molar-refractivity contribution < 1.29 is 9.53 Å². The molecule has 1 saturated heterocycles. The number of anilines is 2. The lowest BCUT2D eigenvalue weighted by atomic mass is 10.3. The van der Waals surface area contributed by atoms with E-state index in [9.17, 15) is 4.79 Å². The molecule has 1 aliphatic rings. The molecule has 1 aromatic rings. The Kier molecular flexibility index (Phi) is 3.82. The number of nitrogen functional groups attached to an aromatic ring is 1. The average molecular weight is 267 g/mol. The molecule has 1 aromatic heterocycles. The van der Waals surface area contributed by atoms with Crippen LogP contribution in [0.3, 0.4) is 0 Å². The summed E-state index contributed by atoms with van der Waals surface area (Å²) in [6.45, 7) is 6.30. The molecule has 1 unspecified atom stereocenters. The smallest absolute Gasteiger partial charge is 0.407 e. The predicted molar refractivity (Wildman–Crippen MR) is 73.2 cm³/mol. The first-order valence-corrected chi connectivity index (χ1v) is 6.49. The van der Waals surface area contributed by atoms with Crippen molar-refractivity contribution in [3.63, 3.8) is 0 Å². The van der Waals surface area contributed by atoms with Crippen molar-refractivity contribution >= 4 is 17.6 Å². The molecule has 3 N–H and O–H groups in total. The van der Waals surface area contributed by atoms with Crippen molar-refractivity contribution in [2.45, 2.75) is 32.9 Å². The second-order valence-corrected chi connectivity index (χ2v) is 4.71. The normalized spacial score (nSPS) is 18.7. The summed E-state index contributed by atoms with van der Waals surface area (Å²) < 4.78 is 6.52. The van der Waals surface area contributed by atoms with Gasteiger partial charge in [0.05, 0.1) is 24.5 Å². The van der Waals surface area contributed by atoms with Gasteiger partial charge in [0.2, 0.25) is 0 Å². The highest BCUT2D eigenvalue weighted by molar-refractivity contribution is 5.69. The van der Waals surface area contributed by atoms with Crippen LogP contribution < -0.4 is 16.0 Å². The molecule has 1 fully saturated rings.